The molecule has 1 aromatic heterocycles. The SMILES string of the molecule is CC(C)CC(NC(=O)C(CC(=O)O)NC(=O)C(N)Cc1c[nH]c2ccccc12)C(=O)NC(CC(N)=O)C(=O)O. The number of rotatable bonds is 15. The Balaban J connectivity index is 2.14. The van der Waals surface area contributed by atoms with Crippen molar-refractivity contribution in [2.75, 3.05) is 0 Å². The fourth-order valence-electron chi connectivity index (χ4n) is 3.94. The minimum Gasteiger partial charge on any atom is -0.481 e. The van der Waals surface area contributed by atoms with E-state index in [2.05, 4.69) is 20.9 Å². The van der Waals surface area contributed by atoms with Crippen LogP contribution in [0.5, 0.6) is 0 Å². The highest BCUT2D eigenvalue weighted by molar-refractivity contribution is 5.96. The number of benzene rings is 1. The summed E-state index contributed by atoms with van der Waals surface area (Å²) >= 11 is 0. The van der Waals surface area contributed by atoms with Crippen molar-refractivity contribution in [3.05, 3.63) is 36.0 Å². The molecule has 0 saturated heterocycles. The highest BCUT2D eigenvalue weighted by atomic mass is 16.4. The third kappa shape index (κ3) is 9.41. The van der Waals surface area contributed by atoms with Crippen LogP contribution in [0.2, 0.25) is 0 Å². The molecule has 1 heterocycles. The molecule has 0 radical (unpaired) electrons. The van der Waals surface area contributed by atoms with Gasteiger partial charge in [0.2, 0.25) is 23.6 Å². The zero-order chi connectivity index (χ0) is 29.3. The number of H-pyrrole nitrogens is 1. The van der Waals surface area contributed by atoms with E-state index in [1.165, 1.54) is 0 Å². The minimum atomic E-state index is -1.63. The summed E-state index contributed by atoms with van der Waals surface area (Å²) in [4.78, 5) is 75.7. The number of nitrogens with one attached hydrogen (secondary N) is 4. The molecule has 0 saturated carbocycles. The van der Waals surface area contributed by atoms with E-state index < -0.39 is 72.6 Å². The standard InChI is InChI=1S/C25H34N6O8/c1-12(2)7-17(23(36)31-19(25(38)39)9-20(27)32)30-24(37)18(10-21(33)34)29-22(35)15(26)8-13-11-28-16-6-4-3-5-14(13)16/h3-6,11-12,15,17-19,28H,7-10,26H2,1-2H3,(H2,27,32)(H,29,35)(H,30,37)(H,31,36)(H,33,34)(H,38,39). The number of carboxylic acids is 2. The zero-order valence-electron chi connectivity index (χ0n) is 21.6. The van der Waals surface area contributed by atoms with Crippen molar-refractivity contribution in [3.8, 4) is 0 Å². The summed E-state index contributed by atoms with van der Waals surface area (Å²) in [6, 6.07) is 1.77. The van der Waals surface area contributed by atoms with Gasteiger partial charge in [-0.3, -0.25) is 24.0 Å². The molecular formula is C25H34N6O8. The fraction of sp³-hybridized carbons (Fsp3) is 0.440. The Bertz CT molecular complexity index is 1230. The van der Waals surface area contributed by atoms with Crippen LogP contribution in [0, 0.1) is 5.92 Å². The Morgan fingerprint density at radius 3 is 2.05 bits per heavy atom. The molecule has 212 valence electrons. The topological polar surface area (TPSA) is 247 Å². The second-order valence-corrected chi connectivity index (χ2v) is 9.59. The Morgan fingerprint density at radius 1 is 0.872 bits per heavy atom. The van der Waals surface area contributed by atoms with E-state index in [0.29, 0.717) is 0 Å². The average Bonchev–Trinajstić information content (AvgIpc) is 3.24. The van der Waals surface area contributed by atoms with E-state index in [1.54, 1.807) is 20.0 Å². The highest BCUT2D eigenvalue weighted by Crippen LogP contribution is 2.19. The van der Waals surface area contributed by atoms with Crippen molar-refractivity contribution in [3.63, 3.8) is 0 Å². The van der Waals surface area contributed by atoms with Gasteiger partial charge in [-0.25, -0.2) is 4.79 Å². The maximum atomic E-state index is 13.0. The number of aromatic nitrogens is 1. The number of hydrogen-bond acceptors (Lipinski definition) is 7. The van der Waals surface area contributed by atoms with E-state index in [0.717, 1.165) is 16.5 Å². The molecule has 14 nitrogen and oxygen atoms in total. The number of fused-ring (bicyclic) bond motifs is 1. The number of aliphatic carboxylic acids is 2. The van der Waals surface area contributed by atoms with Crippen molar-refractivity contribution < 1.29 is 39.0 Å². The molecule has 2 aromatic rings. The van der Waals surface area contributed by atoms with Crippen LogP contribution >= 0.6 is 0 Å². The van der Waals surface area contributed by atoms with Crippen molar-refractivity contribution in [1.29, 1.82) is 0 Å². The largest absolute Gasteiger partial charge is 0.481 e. The third-order valence-corrected chi connectivity index (χ3v) is 5.82. The van der Waals surface area contributed by atoms with Gasteiger partial charge in [-0.2, -0.15) is 0 Å². The molecule has 14 heteroatoms. The van der Waals surface area contributed by atoms with Crippen LogP contribution in [-0.4, -0.2) is 74.9 Å². The van der Waals surface area contributed by atoms with Gasteiger partial charge in [0, 0.05) is 17.1 Å². The molecule has 4 amide bonds. The van der Waals surface area contributed by atoms with Gasteiger partial charge >= 0.3 is 11.9 Å². The Morgan fingerprint density at radius 2 is 1.46 bits per heavy atom. The second-order valence-electron chi connectivity index (χ2n) is 9.59. The molecule has 0 aliphatic carbocycles. The van der Waals surface area contributed by atoms with Gasteiger partial charge in [-0.15, -0.1) is 0 Å². The minimum absolute atomic E-state index is 0.0499. The molecule has 0 aliphatic rings. The third-order valence-electron chi connectivity index (χ3n) is 5.82. The maximum absolute atomic E-state index is 13.0. The monoisotopic (exact) mass is 546 g/mol. The number of amides is 4. The average molecular weight is 547 g/mol. The number of carbonyl (C=O) groups excluding carboxylic acids is 4. The smallest absolute Gasteiger partial charge is 0.326 e. The molecule has 1 aromatic carbocycles. The van der Waals surface area contributed by atoms with Gasteiger partial charge in [0.1, 0.15) is 18.1 Å². The Labute approximate surface area is 223 Å². The summed E-state index contributed by atoms with van der Waals surface area (Å²) in [5.74, 6) is -6.68. The van der Waals surface area contributed by atoms with Crippen LogP contribution in [0.25, 0.3) is 10.9 Å². The second kappa shape index (κ2) is 13.9. The van der Waals surface area contributed by atoms with Gasteiger partial charge in [0.15, 0.2) is 0 Å². The molecular weight excluding hydrogens is 512 g/mol. The first-order valence-corrected chi connectivity index (χ1v) is 12.2. The first-order valence-electron chi connectivity index (χ1n) is 12.2. The van der Waals surface area contributed by atoms with E-state index in [-0.39, 0.29) is 18.8 Å². The molecule has 2 rings (SSSR count). The molecule has 0 bridgehead atoms. The summed E-state index contributed by atoms with van der Waals surface area (Å²) in [5, 5.41) is 26.3. The summed E-state index contributed by atoms with van der Waals surface area (Å²) in [5.41, 5.74) is 12.7. The number of hydrogen-bond donors (Lipinski definition) is 8. The Kier molecular flexibility index (Phi) is 11.0. The highest BCUT2D eigenvalue weighted by Gasteiger charge is 2.32. The van der Waals surface area contributed by atoms with Crippen molar-refractivity contribution in [2.45, 2.75) is 63.7 Å². The van der Waals surface area contributed by atoms with Crippen LogP contribution in [-0.2, 0) is 35.2 Å². The lowest BCUT2D eigenvalue weighted by Gasteiger charge is -2.25. The van der Waals surface area contributed by atoms with Gasteiger partial charge in [0.25, 0.3) is 0 Å². The first-order chi connectivity index (χ1) is 18.3. The molecule has 0 aliphatic heterocycles. The first kappa shape index (κ1) is 30.8. The predicted molar refractivity (Wildman–Crippen MR) is 139 cm³/mol. The number of para-hydroxylation sites is 1. The lowest BCUT2D eigenvalue weighted by atomic mass is 10.0. The van der Waals surface area contributed by atoms with Crippen molar-refractivity contribution in [1.82, 2.24) is 20.9 Å². The van der Waals surface area contributed by atoms with E-state index in [4.69, 9.17) is 11.5 Å². The molecule has 4 atom stereocenters. The predicted octanol–water partition coefficient (Wildman–Crippen LogP) is -1.03. The molecule has 0 fully saturated rings. The molecule has 39 heavy (non-hydrogen) atoms. The van der Waals surface area contributed by atoms with Crippen LogP contribution < -0.4 is 27.4 Å². The van der Waals surface area contributed by atoms with Crippen LogP contribution in [0.4, 0.5) is 0 Å². The van der Waals surface area contributed by atoms with Crippen molar-refractivity contribution >= 4 is 46.5 Å². The van der Waals surface area contributed by atoms with Crippen LogP contribution in [0.3, 0.4) is 0 Å². The van der Waals surface area contributed by atoms with Crippen LogP contribution in [0.15, 0.2) is 30.5 Å². The number of aromatic amines is 1. The van der Waals surface area contributed by atoms with E-state index >= 15 is 0 Å². The number of carboxylic acid groups (broad SMARTS) is 2. The Hall–Kier alpha value is -4.46. The van der Waals surface area contributed by atoms with E-state index in [9.17, 15) is 39.0 Å². The summed E-state index contributed by atoms with van der Waals surface area (Å²) in [6.07, 6.45) is 0.389. The van der Waals surface area contributed by atoms with Gasteiger partial charge in [-0.05, 0) is 30.4 Å². The van der Waals surface area contributed by atoms with Gasteiger partial charge in [-0.1, -0.05) is 32.0 Å². The van der Waals surface area contributed by atoms with Crippen molar-refractivity contribution in [2.24, 2.45) is 17.4 Å². The van der Waals surface area contributed by atoms with E-state index in [1.807, 2.05) is 24.3 Å². The molecule has 0 spiro atoms. The molecule has 10 N–H and O–H groups in total. The quantitative estimate of drug-likeness (QED) is 0.136. The summed E-state index contributed by atoms with van der Waals surface area (Å²) < 4.78 is 0. The number of nitrogens with two attached hydrogens (primary N) is 2. The zero-order valence-corrected chi connectivity index (χ0v) is 21.6. The summed E-state index contributed by atoms with van der Waals surface area (Å²) in [7, 11) is 0. The van der Waals surface area contributed by atoms with Gasteiger partial charge < -0.3 is 42.6 Å². The molecule has 4 unspecified atom stereocenters. The van der Waals surface area contributed by atoms with Gasteiger partial charge in [0.05, 0.1) is 18.9 Å². The lowest BCUT2D eigenvalue weighted by molar-refractivity contribution is -0.144. The number of primary amides is 1. The normalized spacial score (nSPS) is 14.2. The maximum Gasteiger partial charge on any atom is 0.326 e. The summed E-state index contributed by atoms with van der Waals surface area (Å²) in [6.45, 7) is 3.48. The fourth-order valence-corrected chi connectivity index (χ4v) is 3.94. The van der Waals surface area contributed by atoms with Crippen LogP contribution in [0.1, 0.15) is 38.7 Å². The lowest BCUT2D eigenvalue weighted by Crippen LogP contribution is -2.58. The number of carbonyl (C=O) groups is 6.